The van der Waals surface area contributed by atoms with Gasteiger partial charge in [0.25, 0.3) is 6.43 Å². The average molecular weight is 261 g/mol. The van der Waals surface area contributed by atoms with E-state index in [0.29, 0.717) is 15.4 Å². The van der Waals surface area contributed by atoms with E-state index in [4.69, 9.17) is 23.8 Å². The van der Waals surface area contributed by atoms with E-state index in [0.717, 1.165) is 0 Å². The standard InChI is InChI=1S/C10H7ClF2N2S/c11-6-1-3-7(4-2-6)15-9(16)5-8(14-15)10(12)13/h1-5,10,14H. The van der Waals surface area contributed by atoms with Crippen molar-refractivity contribution in [1.29, 1.82) is 0 Å². The molecule has 16 heavy (non-hydrogen) atoms. The smallest absolute Gasteiger partial charge is 0.279 e. The molecule has 0 aliphatic rings. The number of alkyl halides is 2. The third-order valence-electron chi connectivity index (χ3n) is 2.06. The first-order valence-electron chi connectivity index (χ1n) is 4.44. The van der Waals surface area contributed by atoms with Gasteiger partial charge in [0.2, 0.25) is 0 Å². The highest BCUT2D eigenvalue weighted by Gasteiger charge is 2.11. The molecule has 1 heterocycles. The molecule has 0 amide bonds. The van der Waals surface area contributed by atoms with Gasteiger partial charge in [0.15, 0.2) is 0 Å². The molecule has 0 bridgehead atoms. The number of hydrogen-bond acceptors (Lipinski definition) is 1. The van der Waals surface area contributed by atoms with E-state index in [9.17, 15) is 8.78 Å². The first kappa shape index (κ1) is 11.3. The molecule has 84 valence electrons. The molecular weight excluding hydrogens is 254 g/mol. The first-order chi connectivity index (χ1) is 7.58. The Balaban J connectivity index is 2.48. The highest BCUT2D eigenvalue weighted by molar-refractivity contribution is 7.71. The van der Waals surface area contributed by atoms with Crippen LogP contribution in [-0.4, -0.2) is 9.78 Å². The van der Waals surface area contributed by atoms with Crippen LogP contribution in [0.4, 0.5) is 8.78 Å². The fraction of sp³-hybridized carbons (Fsp3) is 0.100. The number of nitrogens with one attached hydrogen (secondary N) is 1. The van der Waals surface area contributed by atoms with Gasteiger partial charge < -0.3 is 0 Å². The topological polar surface area (TPSA) is 20.7 Å². The summed E-state index contributed by atoms with van der Waals surface area (Å²) in [5.74, 6) is 0. The largest absolute Gasteiger partial charge is 0.291 e. The number of H-pyrrole nitrogens is 1. The molecule has 2 nitrogen and oxygen atoms in total. The third kappa shape index (κ3) is 2.15. The minimum Gasteiger partial charge on any atom is -0.291 e. The SMILES string of the molecule is FC(F)c1cc(=S)n(-c2ccc(Cl)cc2)[nH]1. The number of aromatic nitrogens is 2. The van der Waals surface area contributed by atoms with Gasteiger partial charge in [-0.05, 0) is 24.3 Å². The Morgan fingerprint density at radius 1 is 1.25 bits per heavy atom. The van der Waals surface area contributed by atoms with E-state index in [1.165, 1.54) is 10.7 Å². The predicted molar refractivity (Wildman–Crippen MR) is 60.9 cm³/mol. The Bertz CT molecular complexity index is 545. The number of hydrogen-bond donors (Lipinski definition) is 1. The Hall–Kier alpha value is -1.20. The zero-order valence-electron chi connectivity index (χ0n) is 7.95. The van der Waals surface area contributed by atoms with E-state index in [-0.39, 0.29) is 5.69 Å². The number of benzene rings is 1. The predicted octanol–water partition coefficient (Wildman–Crippen LogP) is 4.13. The monoisotopic (exact) mass is 260 g/mol. The summed E-state index contributed by atoms with van der Waals surface area (Å²) in [4.78, 5) is 0. The molecule has 2 aromatic rings. The third-order valence-corrected chi connectivity index (χ3v) is 2.61. The second kappa shape index (κ2) is 4.35. The Morgan fingerprint density at radius 2 is 1.88 bits per heavy atom. The zero-order chi connectivity index (χ0) is 11.7. The van der Waals surface area contributed by atoms with Crippen LogP contribution in [0, 0.1) is 4.64 Å². The second-order valence-electron chi connectivity index (χ2n) is 3.16. The van der Waals surface area contributed by atoms with Crippen LogP contribution in [0.3, 0.4) is 0 Å². The van der Waals surface area contributed by atoms with Gasteiger partial charge in [-0.3, -0.25) is 5.10 Å². The Kier molecular flexibility index (Phi) is 3.07. The van der Waals surface area contributed by atoms with Crippen molar-refractivity contribution in [1.82, 2.24) is 9.78 Å². The van der Waals surface area contributed by atoms with Gasteiger partial charge in [0, 0.05) is 11.1 Å². The fourth-order valence-electron chi connectivity index (χ4n) is 1.31. The minimum atomic E-state index is -2.56. The lowest BCUT2D eigenvalue weighted by molar-refractivity contribution is 0.145. The van der Waals surface area contributed by atoms with Gasteiger partial charge in [-0.2, -0.15) is 0 Å². The van der Waals surface area contributed by atoms with E-state index in [1.54, 1.807) is 24.3 Å². The van der Waals surface area contributed by atoms with Gasteiger partial charge >= 0.3 is 0 Å². The number of aromatic amines is 1. The number of nitrogens with zero attached hydrogens (tertiary/aromatic N) is 1. The summed E-state index contributed by atoms with van der Waals surface area (Å²) < 4.78 is 26.6. The molecule has 0 radical (unpaired) electrons. The van der Waals surface area contributed by atoms with E-state index < -0.39 is 6.43 Å². The molecule has 1 aromatic heterocycles. The summed E-state index contributed by atoms with van der Waals surface area (Å²) in [5, 5.41) is 3.12. The highest BCUT2D eigenvalue weighted by Crippen LogP contribution is 2.19. The Morgan fingerprint density at radius 3 is 2.38 bits per heavy atom. The summed E-state index contributed by atoms with van der Waals surface area (Å²) >= 11 is 10.7. The van der Waals surface area contributed by atoms with Crippen molar-refractivity contribution in [3.8, 4) is 5.69 Å². The van der Waals surface area contributed by atoms with Gasteiger partial charge in [0.05, 0.1) is 5.69 Å². The van der Waals surface area contributed by atoms with Crippen LogP contribution in [0.1, 0.15) is 12.1 Å². The lowest BCUT2D eigenvalue weighted by Crippen LogP contribution is -1.97. The van der Waals surface area contributed by atoms with Crippen molar-refractivity contribution in [3.05, 3.63) is 45.7 Å². The molecule has 0 saturated carbocycles. The molecular formula is C10H7ClF2N2S. The summed E-state index contributed by atoms with van der Waals surface area (Å²) in [6.45, 7) is 0. The molecule has 0 saturated heterocycles. The molecule has 0 fully saturated rings. The number of halogens is 3. The average Bonchev–Trinajstić information content (AvgIpc) is 2.62. The van der Waals surface area contributed by atoms with Gasteiger partial charge in [-0.15, -0.1) is 0 Å². The summed E-state index contributed by atoms with van der Waals surface area (Å²) in [6, 6.07) is 7.98. The van der Waals surface area contributed by atoms with Crippen LogP contribution in [0.25, 0.3) is 5.69 Å². The van der Waals surface area contributed by atoms with Crippen LogP contribution in [-0.2, 0) is 0 Å². The van der Waals surface area contributed by atoms with Crippen molar-refractivity contribution < 1.29 is 8.78 Å². The summed E-state index contributed by atoms with van der Waals surface area (Å²) in [7, 11) is 0. The maximum atomic E-state index is 12.4. The zero-order valence-corrected chi connectivity index (χ0v) is 9.53. The minimum absolute atomic E-state index is 0.194. The van der Waals surface area contributed by atoms with Gasteiger partial charge in [-0.1, -0.05) is 23.8 Å². The molecule has 0 aliphatic carbocycles. The fourth-order valence-corrected chi connectivity index (χ4v) is 1.71. The van der Waals surface area contributed by atoms with Crippen LogP contribution in [0.2, 0.25) is 5.02 Å². The van der Waals surface area contributed by atoms with Crippen molar-refractivity contribution in [2.75, 3.05) is 0 Å². The molecule has 0 unspecified atom stereocenters. The summed E-state index contributed by atoms with van der Waals surface area (Å²) in [5.41, 5.74) is 0.473. The van der Waals surface area contributed by atoms with Crippen LogP contribution < -0.4 is 0 Å². The molecule has 1 N–H and O–H groups in total. The molecule has 0 spiro atoms. The van der Waals surface area contributed by atoms with Crippen LogP contribution in [0.5, 0.6) is 0 Å². The summed E-state index contributed by atoms with van der Waals surface area (Å²) in [6.07, 6.45) is -2.56. The van der Waals surface area contributed by atoms with E-state index >= 15 is 0 Å². The maximum Gasteiger partial charge on any atom is 0.279 e. The van der Waals surface area contributed by atoms with Gasteiger partial charge in [-0.25, -0.2) is 13.5 Å². The Labute approximate surface area is 100 Å². The lowest BCUT2D eigenvalue weighted by atomic mass is 10.3. The molecule has 2 rings (SSSR count). The first-order valence-corrected chi connectivity index (χ1v) is 5.22. The lowest BCUT2D eigenvalue weighted by Gasteiger charge is -2.02. The highest BCUT2D eigenvalue weighted by atomic mass is 35.5. The van der Waals surface area contributed by atoms with Crippen molar-refractivity contribution in [3.63, 3.8) is 0 Å². The van der Waals surface area contributed by atoms with Gasteiger partial charge in [0.1, 0.15) is 10.3 Å². The second-order valence-corrected chi connectivity index (χ2v) is 4.02. The molecule has 1 aromatic carbocycles. The van der Waals surface area contributed by atoms with Crippen molar-refractivity contribution >= 4 is 23.8 Å². The maximum absolute atomic E-state index is 12.4. The quantitative estimate of drug-likeness (QED) is 0.806. The van der Waals surface area contributed by atoms with Crippen LogP contribution in [0.15, 0.2) is 30.3 Å². The number of rotatable bonds is 2. The normalized spacial score (nSPS) is 11.0. The van der Waals surface area contributed by atoms with E-state index in [1.807, 2.05) is 0 Å². The van der Waals surface area contributed by atoms with Crippen molar-refractivity contribution in [2.24, 2.45) is 0 Å². The van der Waals surface area contributed by atoms with Crippen molar-refractivity contribution in [2.45, 2.75) is 6.43 Å². The molecule has 0 aliphatic heterocycles. The van der Waals surface area contributed by atoms with E-state index in [2.05, 4.69) is 5.10 Å². The van der Waals surface area contributed by atoms with Crippen LogP contribution >= 0.6 is 23.8 Å². The molecule has 0 atom stereocenters. The molecule has 6 heteroatoms.